The van der Waals surface area contributed by atoms with E-state index < -0.39 is 0 Å². The van der Waals surface area contributed by atoms with Crippen molar-refractivity contribution in [2.75, 3.05) is 67.7 Å². The maximum atomic E-state index is 12.4. The van der Waals surface area contributed by atoms with Crippen LogP contribution in [-0.4, -0.2) is 78.6 Å². The number of carbonyl (C=O) groups is 1. The number of rotatable bonds is 10. The van der Waals surface area contributed by atoms with Gasteiger partial charge in [0.15, 0.2) is 5.82 Å². The van der Waals surface area contributed by atoms with Crippen LogP contribution in [0.15, 0.2) is 42.7 Å². The molecule has 3 aromatic rings. The molecule has 3 aliphatic rings. The van der Waals surface area contributed by atoms with Crippen LogP contribution in [0.1, 0.15) is 37.4 Å². The predicted octanol–water partition coefficient (Wildman–Crippen LogP) is 3.66. The van der Waals surface area contributed by atoms with Gasteiger partial charge >= 0.3 is 6.03 Å². The molecule has 216 valence electrons. The first kappa shape index (κ1) is 27.3. The molecule has 1 saturated carbocycles. The molecule has 2 aromatic heterocycles. The van der Waals surface area contributed by atoms with Crippen molar-refractivity contribution in [3.8, 4) is 11.4 Å². The van der Waals surface area contributed by atoms with Gasteiger partial charge in [-0.15, -0.1) is 0 Å². The quantitative estimate of drug-likeness (QED) is 0.360. The lowest BCUT2D eigenvalue weighted by Crippen LogP contribution is -2.39. The summed E-state index contributed by atoms with van der Waals surface area (Å²) >= 11 is 0. The van der Waals surface area contributed by atoms with Crippen LogP contribution in [0.2, 0.25) is 0 Å². The Bertz CT molecular complexity index is 1330. The van der Waals surface area contributed by atoms with Gasteiger partial charge in [-0.3, -0.25) is 0 Å². The molecule has 1 aromatic carbocycles. The Kier molecular flexibility index (Phi) is 8.24. The zero-order valence-corrected chi connectivity index (χ0v) is 23.6. The van der Waals surface area contributed by atoms with Crippen molar-refractivity contribution >= 4 is 23.5 Å². The van der Waals surface area contributed by atoms with Gasteiger partial charge in [-0.05, 0) is 61.4 Å². The van der Waals surface area contributed by atoms with Crippen molar-refractivity contribution in [3.63, 3.8) is 0 Å². The van der Waals surface area contributed by atoms with Crippen molar-refractivity contribution < 1.29 is 14.3 Å². The minimum absolute atomic E-state index is 0.252. The second-order valence-electron chi connectivity index (χ2n) is 11.2. The summed E-state index contributed by atoms with van der Waals surface area (Å²) in [7, 11) is 0. The van der Waals surface area contributed by atoms with Crippen LogP contribution in [0.25, 0.3) is 11.4 Å². The van der Waals surface area contributed by atoms with E-state index in [1.54, 1.807) is 12.4 Å². The minimum Gasteiger partial charge on any atom is -0.380 e. The zero-order chi connectivity index (χ0) is 28.1. The first-order valence-electron chi connectivity index (χ1n) is 14.5. The average Bonchev–Trinajstić information content (AvgIpc) is 3.76. The number of amides is 2. The van der Waals surface area contributed by atoms with Crippen LogP contribution in [0.4, 0.5) is 22.2 Å². The molecule has 41 heavy (non-hydrogen) atoms. The maximum Gasteiger partial charge on any atom is 0.319 e. The second kappa shape index (κ2) is 12.4. The highest BCUT2D eigenvalue weighted by Gasteiger charge is 2.36. The largest absolute Gasteiger partial charge is 0.380 e. The van der Waals surface area contributed by atoms with Crippen LogP contribution < -0.4 is 20.4 Å². The topological polar surface area (TPSA) is 118 Å². The molecule has 2 fully saturated rings. The normalized spacial score (nSPS) is 17.6. The number of ether oxygens (including phenoxy) is 2. The number of nitrogens with one attached hydrogen (secondary N) is 2. The molecule has 11 nitrogen and oxygen atoms in total. The molecule has 0 bridgehead atoms. The van der Waals surface area contributed by atoms with Gasteiger partial charge in [-0.2, -0.15) is 0 Å². The predicted molar refractivity (Wildman–Crippen MR) is 157 cm³/mol. The molecule has 1 saturated heterocycles. The molecule has 6 rings (SSSR count). The first-order valence-corrected chi connectivity index (χ1v) is 14.5. The molecule has 0 spiro atoms. The van der Waals surface area contributed by atoms with Gasteiger partial charge in [0.1, 0.15) is 5.82 Å². The molecule has 2 amide bonds. The van der Waals surface area contributed by atoms with E-state index in [2.05, 4.69) is 37.3 Å². The monoisotopic (exact) mass is 558 g/mol. The van der Waals surface area contributed by atoms with E-state index in [1.807, 2.05) is 30.3 Å². The molecule has 2 aliphatic heterocycles. The highest BCUT2D eigenvalue weighted by atomic mass is 16.5. The Hall–Kier alpha value is -3.83. The van der Waals surface area contributed by atoms with Crippen molar-refractivity contribution in [3.05, 3.63) is 54.0 Å². The lowest BCUT2D eigenvalue weighted by Gasteiger charge is -2.34. The van der Waals surface area contributed by atoms with E-state index >= 15 is 0 Å². The summed E-state index contributed by atoms with van der Waals surface area (Å²) in [6.07, 6.45) is 8.04. The van der Waals surface area contributed by atoms with E-state index in [0.717, 1.165) is 56.2 Å². The van der Waals surface area contributed by atoms with Crippen molar-refractivity contribution in [1.29, 1.82) is 0 Å². The van der Waals surface area contributed by atoms with Crippen molar-refractivity contribution in [2.24, 2.45) is 5.41 Å². The summed E-state index contributed by atoms with van der Waals surface area (Å²) in [5.74, 6) is 2.35. The lowest BCUT2D eigenvalue weighted by atomic mass is 10.0. The first-order chi connectivity index (χ1) is 20.1. The number of fused-ring (bicyclic) bond motifs is 1. The highest BCUT2D eigenvalue weighted by molar-refractivity contribution is 5.89. The number of anilines is 3. The van der Waals surface area contributed by atoms with Crippen molar-refractivity contribution in [1.82, 2.24) is 25.3 Å². The van der Waals surface area contributed by atoms with Crippen LogP contribution in [0.3, 0.4) is 0 Å². The summed E-state index contributed by atoms with van der Waals surface area (Å²) in [5, 5.41) is 5.75. The van der Waals surface area contributed by atoms with Crippen LogP contribution in [0.5, 0.6) is 0 Å². The van der Waals surface area contributed by atoms with Gasteiger partial charge in [-0.1, -0.05) is 6.92 Å². The molecule has 11 heteroatoms. The van der Waals surface area contributed by atoms with Gasteiger partial charge in [0, 0.05) is 62.0 Å². The van der Waals surface area contributed by atoms with Gasteiger partial charge in [0.05, 0.1) is 32.1 Å². The number of hydrogen-bond donors (Lipinski definition) is 2. The van der Waals surface area contributed by atoms with Crippen LogP contribution in [-0.2, 0) is 22.4 Å². The molecule has 0 atom stereocenters. The van der Waals surface area contributed by atoms with Crippen LogP contribution in [0, 0.1) is 5.41 Å². The number of aromatic nitrogens is 4. The third kappa shape index (κ3) is 6.91. The zero-order valence-electron chi connectivity index (χ0n) is 23.6. The molecule has 4 heterocycles. The Morgan fingerprint density at radius 1 is 1.02 bits per heavy atom. The summed E-state index contributed by atoms with van der Waals surface area (Å²) in [6, 6.07) is 9.22. The van der Waals surface area contributed by atoms with E-state index in [0.29, 0.717) is 55.8 Å². The fourth-order valence-electron chi connectivity index (χ4n) is 5.20. The van der Waals surface area contributed by atoms with Crippen LogP contribution >= 0.6 is 0 Å². The molecular weight excluding hydrogens is 520 g/mol. The van der Waals surface area contributed by atoms with Gasteiger partial charge in [0.25, 0.3) is 0 Å². The van der Waals surface area contributed by atoms with E-state index in [9.17, 15) is 4.79 Å². The fraction of sp³-hybridized carbons (Fsp3) is 0.500. The molecule has 0 radical (unpaired) electrons. The highest BCUT2D eigenvalue weighted by Crippen LogP contribution is 2.47. The molecule has 2 N–H and O–H groups in total. The average molecular weight is 559 g/mol. The standard InChI is InChI=1S/C30H38N8O3/c1-30(8-9-30)10-17-40-18-13-33-29(39)34-23-5-3-22(4-6-23)26-35-25-21-38(28-31-11-2-12-32-28)14-7-24(25)27(36-26)37-15-19-41-20-16-37/h2-6,11-12H,7-10,13-21H2,1H3,(H2,33,34,39). The number of hydrogen-bond acceptors (Lipinski definition) is 9. The molecular formula is C30H38N8O3. The number of benzene rings is 1. The third-order valence-electron chi connectivity index (χ3n) is 8.08. The summed E-state index contributed by atoms with van der Waals surface area (Å²) in [4.78, 5) is 35.8. The van der Waals surface area contributed by atoms with E-state index in [-0.39, 0.29) is 6.03 Å². The SMILES string of the molecule is CC1(CCOCCNC(=O)Nc2ccc(-c3nc4c(c(N5CCOCC5)n3)CCN(c3ncccn3)C4)cc2)CC1. The maximum absolute atomic E-state index is 12.4. The second-order valence-corrected chi connectivity index (χ2v) is 11.2. The smallest absolute Gasteiger partial charge is 0.319 e. The molecule has 1 aliphatic carbocycles. The Labute approximate surface area is 240 Å². The molecule has 0 unspecified atom stereocenters. The van der Waals surface area contributed by atoms with Gasteiger partial charge < -0.3 is 29.9 Å². The van der Waals surface area contributed by atoms with E-state index in [1.165, 1.54) is 18.4 Å². The lowest BCUT2D eigenvalue weighted by molar-refractivity contribution is 0.122. The Morgan fingerprint density at radius 3 is 2.56 bits per heavy atom. The van der Waals surface area contributed by atoms with Gasteiger partial charge in [-0.25, -0.2) is 24.7 Å². The van der Waals surface area contributed by atoms with E-state index in [4.69, 9.17) is 19.4 Å². The Morgan fingerprint density at radius 2 is 1.80 bits per heavy atom. The number of urea groups is 1. The van der Waals surface area contributed by atoms with Crippen molar-refractivity contribution in [2.45, 2.75) is 39.2 Å². The summed E-state index contributed by atoms with van der Waals surface area (Å²) in [5.41, 5.74) is 4.25. The third-order valence-corrected chi connectivity index (χ3v) is 8.08. The van der Waals surface area contributed by atoms with Gasteiger partial charge in [0.2, 0.25) is 5.95 Å². The minimum atomic E-state index is -0.252. The summed E-state index contributed by atoms with van der Waals surface area (Å²) in [6.45, 7) is 8.43. The number of carbonyl (C=O) groups excluding carboxylic acids is 1. The Balaban J connectivity index is 1.12. The number of nitrogens with zero attached hydrogens (tertiary/aromatic N) is 6. The fourth-order valence-corrected chi connectivity index (χ4v) is 5.20. The number of morpholine rings is 1. The summed E-state index contributed by atoms with van der Waals surface area (Å²) < 4.78 is 11.3.